The number of halogens is 1. The van der Waals surface area contributed by atoms with E-state index in [1.54, 1.807) is 18.5 Å². The zero-order chi connectivity index (χ0) is 25.5. The number of pyridine rings is 2. The van der Waals surface area contributed by atoms with Crippen LogP contribution in [0.3, 0.4) is 0 Å². The molecule has 3 N–H and O–H groups in total. The SMILES string of the molecule is C=C(Nc1cncc(-c2ccc3[nH]nc(-c4nc5c(-c6cccc(F)c6)nccc5[nH]4)c3c2)c1)C(C)C. The number of nitrogens with zero attached hydrogens (tertiary/aromatic N) is 4. The molecule has 0 aliphatic carbocycles. The van der Waals surface area contributed by atoms with Crippen LogP contribution < -0.4 is 5.32 Å². The first kappa shape index (κ1) is 22.6. The molecule has 0 fully saturated rings. The van der Waals surface area contributed by atoms with Crippen molar-refractivity contribution in [3.05, 3.63) is 91.3 Å². The molecule has 0 aliphatic heterocycles. The second-order valence-electron chi connectivity index (χ2n) is 9.25. The fraction of sp³-hybridized carbons (Fsp3) is 0.103. The topological polar surface area (TPSA) is 95.2 Å². The van der Waals surface area contributed by atoms with Crippen LogP contribution in [-0.2, 0) is 0 Å². The second kappa shape index (κ2) is 8.98. The van der Waals surface area contributed by atoms with Gasteiger partial charge >= 0.3 is 0 Å². The molecule has 0 amide bonds. The van der Waals surface area contributed by atoms with Gasteiger partial charge in [-0.2, -0.15) is 5.10 Å². The maximum atomic E-state index is 13.9. The van der Waals surface area contributed by atoms with Gasteiger partial charge in [-0.25, -0.2) is 9.37 Å². The van der Waals surface area contributed by atoms with E-state index >= 15 is 0 Å². The Labute approximate surface area is 212 Å². The number of nitrogens with one attached hydrogen (secondary N) is 3. The summed E-state index contributed by atoms with van der Waals surface area (Å²) >= 11 is 0. The Morgan fingerprint density at radius 2 is 1.84 bits per heavy atom. The van der Waals surface area contributed by atoms with Crippen molar-refractivity contribution in [2.24, 2.45) is 5.92 Å². The first-order chi connectivity index (χ1) is 18.0. The summed E-state index contributed by atoms with van der Waals surface area (Å²) in [5.74, 6) is 0.597. The van der Waals surface area contributed by atoms with Crippen molar-refractivity contribution in [3.8, 4) is 33.9 Å². The number of imidazole rings is 1. The van der Waals surface area contributed by atoms with Crippen molar-refractivity contribution in [2.75, 3.05) is 5.32 Å². The van der Waals surface area contributed by atoms with Gasteiger partial charge in [0.25, 0.3) is 0 Å². The summed E-state index contributed by atoms with van der Waals surface area (Å²) in [7, 11) is 0. The molecule has 37 heavy (non-hydrogen) atoms. The highest BCUT2D eigenvalue weighted by Gasteiger charge is 2.17. The molecule has 0 bridgehead atoms. The van der Waals surface area contributed by atoms with Crippen molar-refractivity contribution >= 4 is 27.6 Å². The largest absolute Gasteiger partial charge is 0.358 e. The van der Waals surface area contributed by atoms with E-state index in [2.05, 4.69) is 63.0 Å². The molecule has 4 aromatic heterocycles. The van der Waals surface area contributed by atoms with Crippen LogP contribution in [0.2, 0.25) is 0 Å². The number of benzene rings is 2. The summed E-state index contributed by atoms with van der Waals surface area (Å²) in [6.45, 7) is 8.28. The molecule has 0 aliphatic rings. The van der Waals surface area contributed by atoms with E-state index in [1.807, 2.05) is 30.5 Å². The lowest BCUT2D eigenvalue weighted by Crippen LogP contribution is -2.04. The monoisotopic (exact) mass is 489 g/mol. The summed E-state index contributed by atoms with van der Waals surface area (Å²) in [5, 5.41) is 11.9. The predicted molar refractivity (Wildman–Crippen MR) is 145 cm³/mol. The number of anilines is 1. The van der Waals surface area contributed by atoms with Crippen LogP contribution in [0.25, 0.3) is 55.8 Å². The fourth-order valence-electron chi connectivity index (χ4n) is 4.26. The minimum atomic E-state index is -0.319. The Morgan fingerprint density at radius 3 is 2.68 bits per heavy atom. The van der Waals surface area contributed by atoms with E-state index in [0.717, 1.165) is 38.9 Å². The zero-order valence-corrected chi connectivity index (χ0v) is 20.4. The summed E-state index contributed by atoms with van der Waals surface area (Å²) in [4.78, 5) is 17.1. The van der Waals surface area contributed by atoms with Gasteiger partial charge in [0.15, 0.2) is 5.82 Å². The normalized spacial score (nSPS) is 11.5. The van der Waals surface area contributed by atoms with Crippen LogP contribution in [-0.4, -0.2) is 30.1 Å². The maximum absolute atomic E-state index is 13.9. The van der Waals surface area contributed by atoms with Crippen LogP contribution in [0, 0.1) is 11.7 Å². The Bertz CT molecular complexity index is 1780. The number of fused-ring (bicyclic) bond motifs is 2. The molecule has 7 nitrogen and oxygen atoms in total. The lowest BCUT2D eigenvalue weighted by molar-refractivity contribution is 0.628. The molecule has 0 atom stereocenters. The van der Waals surface area contributed by atoms with Gasteiger partial charge < -0.3 is 10.3 Å². The van der Waals surface area contributed by atoms with E-state index in [9.17, 15) is 4.39 Å². The van der Waals surface area contributed by atoms with Gasteiger partial charge in [0.2, 0.25) is 0 Å². The van der Waals surface area contributed by atoms with Gasteiger partial charge in [-0.05, 0) is 47.9 Å². The van der Waals surface area contributed by atoms with Crippen LogP contribution >= 0.6 is 0 Å². The maximum Gasteiger partial charge on any atom is 0.159 e. The number of aromatic nitrogens is 6. The quantitative estimate of drug-likeness (QED) is 0.235. The van der Waals surface area contributed by atoms with Gasteiger partial charge in [-0.1, -0.05) is 38.6 Å². The van der Waals surface area contributed by atoms with Crippen molar-refractivity contribution in [1.82, 2.24) is 30.1 Å². The number of H-pyrrole nitrogens is 2. The molecule has 0 radical (unpaired) electrons. The average Bonchev–Trinajstić information content (AvgIpc) is 3.52. The van der Waals surface area contributed by atoms with E-state index in [0.29, 0.717) is 34.2 Å². The van der Waals surface area contributed by atoms with E-state index in [-0.39, 0.29) is 5.82 Å². The van der Waals surface area contributed by atoms with E-state index in [4.69, 9.17) is 4.98 Å². The lowest BCUT2D eigenvalue weighted by Gasteiger charge is -2.13. The Morgan fingerprint density at radius 1 is 0.946 bits per heavy atom. The molecule has 0 spiro atoms. The van der Waals surface area contributed by atoms with Gasteiger partial charge in [0.05, 0.1) is 28.6 Å². The van der Waals surface area contributed by atoms with Crippen LogP contribution in [0.1, 0.15) is 13.8 Å². The number of hydrogen-bond acceptors (Lipinski definition) is 5. The third-order valence-corrected chi connectivity index (χ3v) is 6.36. The summed E-state index contributed by atoms with van der Waals surface area (Å²) < 4.78 is 13.9. The lowest BCUT2D eigenvalue weighted by atomic mass is 10.0. The molecule has 0 saturated carbocycles. The minimum absolute atomic E-state index is 0.314. The molecule has 0 saturated heterocycles. The first-order valence-corrected chi connectivity index (χ1v) is 12.0. The Balaban J connectivity index is 1.41. The molecule has 4 heterocycles. The molecule has 0 unspecified atom stereocenters. The Kier molecular flexibility index (Phi) is 5.49. The van der Waals surface area contributed by atoms with E-state index in [1.165, 1.54) is 12.1 Å². The minimum Gasteiger partial charge on any atom is -0.358 e. The highest BCUT2D eigenvalue weighted by atomic mass is 19.1. The van der Waals surface area contributed by atoms with Crippen molar-refractivity contribution < 1.29 is 4.39 Å². The number of rotatable bonds is 6. The van der Waals surface area contributed by atoms with Crippen LogP contribution in [0.15, 0.2) is 85.5 Å². The third kappa shape index (κ3) is 4.23. The van der Waals surface area contributed by atoms with Gasteiger partial charge in [-0.3, -0.25) is 15.1 Å². The zero-order valence-electron chi connectivity index (χ0n) is 20.4. The standard InChI is InChI=1S/C29H24FN7/c1-16(2)17(3)33-22-12-20(14-31-15-22)18-7-8-24-23(13-18)27(37-36-24)29-34-25-9-10-32-26(28(25)35-29)19-5-4-6-21(30)11-19/h4-16,33H,3H2,1-2H3,(H,34,35)(H,36,37). The van der Waals surface area contributed by atoms with E-state index < -0.39 is 0 Å². The predicted octanol–water partition coefficient (Wildman–Crippen LogP) is 6.95. The number of allylic oxidation sites excluding steroid dienone is 1. The number of aromatic amines is 2. The second-order valence-corrected chi connectivity index (χ2v) is 9.25. The first-order valence-electron chi connectivity index (χ1n) is 12.0. The molecule has 182 valence electrons. The van der Waals surface area contributed by atoms with Gasteiger partial charge in [0.1, 0.15) is 17.0 Å². The average molecular weight is 490 g/mol. The van der Waals surface area contributed by atoms with Gasteiger partial charge in [0, 0.05) is 34.6 Å². The molecule has 6 aromatic rings. The third-order valence-electron chi connectivity index (χ3n) is 6.36. The summed E-state index contributed by atoms with van der Waals surface area (Å²) in [6.07, 6.45) is 5.31. The molecular formula is C29H24FN7. The fourth-order valence-corrected chi connectivity index (χ4v) is 4.26. The summed E-state index contributed by atoms with van der Waals surface area (Å²) in [6, 6.07) is 16.4. The molecular weight excluding hydrogens is 465 g/mol. The highest BCUT2D eigenvalue weighted by Crippen LogP contribution is 2.33. The van der Waals surface area contributed by atoms with Crippen molar-refractivity contribution in [1.29, 1.82) is 0 Å². The smallest absolute Gasteiger partial charge is 0.159 e. The highest BCUT2D eigenvalue weighted by molar-refractivity contribution is 5.97. The van der Waals surface area contributed by atoms with Crippen molar-refractivity contribution in [2.45, 2.75) is 13.8 Å². The van der Waals surface area contributed by atoms with Crippen LogP contribution in [0.5, 0.6) is 0 Å². The van der Waals surface area contributed by atoms with Crippen LogP contribution in [0.4, 0.5) is 10.1 Å². The summed E-state index contributed by atoms with van der Waals surface area (Å²) in [5.41, 5.74) is 8.09. The molecule has 8 heteroatoms. The molecule has 2 aromatic carbocycles. The van der Waals surface area contributed by atoms with Crippen molar-refractivity contribution in [3.63, 3.8) is 0 Å². The Hall–Kier alpha value is -4.85. The van der Waals surface area contributed by atoms with Gasteiger partial charge in [-0.15, -0.1) is 0 Å². The number of hydrogen-bond donors (Lipinski definition) is 3. The molecule has 6 rings (SSSR count).